The number of rotatable bonds is 6. The van der Waals surface area contributed by atoms with Crippen molar-refractivity contribution in [2.45, 2.75) is 40.2 Å². The van der Waals surface area contributed by atoms with E-state index >= 15 is 0 Å². The number of nitrogens with zero attached hydrogens (tertiary/aromatic N) is 1. The van der Waals surface area contributed by atoms with Gasteiger partial charge in [0.15, 0.2) is 0 Å². The van der Waals surface area contributed by atoms with Gasteiger partial charge in [-0.2, -0.15) is 0 Å². The molecule has 2 N–H and O–H groups in total. The summed E-state index contributed by atoms with van der Waals surface area (Å²) in [7, 11) is 0. The molecular formula is C11H22N2O3. The Morgan fingerprint density at radius 3 is 2.19 bits per heavy atom. The molecule has 0 heterocycles. The van der Waals surface area contributed by atoms with Crippen LogP contribution < -0.4 is 5.32 Å². The van der Waals surface area contributed by atoms with Gasteiger partial charge in [0, 0.05) is 19.1 Å². The van der Waals surface area contributed by atoms with Crippen LogP contribution in [0.1, 0.15) is 34.1 Å². The number of hydrogen-bond acceptors (Lipinski definition) is 2. The molecule has 0 aliphatic heterocycles. The number of carbonyl (C=O) groups excluding carboxylic acids is 1. The fraction of sp³-hybridized carbons (Fsp3) is 0.818. The average molecular weight is 230 g/mol. The van der Waals surface area contributed by atoms with Crippen LogP contribution in [-0.2, 0) is 4.79 Å². The first-order valence-electron chi connectivity index (χ1n) is 5.60. The molecule has 0 aromatic carbocycles. The quantitative estimate of drug-likeness (QED) is 0.727. The molecule has 0 aliphatic carbocycles. The number of aliphatic carboxylic acids is 1. The number of hydrogen-bond donors (Lipinski definition) is 2. The number of nitrogens with one attached hydrogen (secondary N) is 1. The third-order valence-electron chi connectivity index (χ3n) is 2.11. The Hall–Kier alpha value is -1.26. The summed E-state index contributed by atoms with van der Waals surface area (Å²) in [5.41, 5.74) is 0. The van der Waals surface area contributed by atoms with Crippen LogP contribution in [0.25, 0.3) is 0 Å². The highest BCUT2D eigenvalue weighted by Gasteiger charge is 2.17. The van der Waals surface area contributed by atoms with E-state index in [0.717, 1.165) is 0 Å². The van der Waals surface area contributed by atoms with Crippen molar-refractivity contribution in [1.29, 1.82) is 0 Å². The summed E-state index contributed by atoms with van der Waals surface area (Å²) < 4.78 is 0. The standard InChI is InChI=1S/C11H22N2O3/c1-8(2)7-12-11(16)13(9(3)4)6-5-10(14)15/h8-9H,5-7H2,1-4H3,(H,12,16)(H,14,15). The Labute approximate surface area is 96.8 Å². The van der Waals surface area contributed by atoms with E-state index in [1.165, 1.54) is 4.90 Å². The summed E-state index contributed by atoms with van der Waals surface area (Å²) in [4.78, 5) is 23.7. The van der Waals surface area contributed by atoms with Gasteiger partial charge >= 0.3 is 12.0 Å². The summed E-state index contributed by atoms with van der Waals surface area (Å²) in [6, 6.07) is -0.184. The zero-order chi connectivity index (χ0) is 12.7. The maximum atomic E-state index is 11.7. The molecule has 0 bridgehead atoms. The fourth-order valence-corrected chi connectivity index (χ4v) is 1.20. The minimum Gasteiger partial charge on any atom is -0.481 e. The van der Waals surface area contributed by atoms with Crippen molar-refractivity contribution in [3.05, 3.63) is 0 Å². The van der Waals surface area contributed by atoms with Crippen LogP contribution in [-0.4, -0.2) is 41.1 Å². The van der Waals surface area contributed by atoms with Crippen molar-refractivity contribution in [2.24, 2.45) is 5.92 Å². The lowest BCUT2D eigenvalue weighted by Crippen LogP contribution is -2.45. The number of carbonyl (C=O) groups is 2. The van der Waals surface area contributed by atoms with Crippen molar-refractivity contribution >= 4 is 12.0 Å². The Bertz CT molecular complexity index is 239. The summed E-state index contributed by atoms with van der Waals surface area (Å²) in [5, 5.41) is 11.4. The molecule has 0 atom stereocenters. The molecule has 0 rings (SSSR count). The van der Waals surface area contributed by atoms with E-state index in [4.69, 9.17) is 5.11 Å². The van der Waals surface area contributed by atoms with Crippen molar-refractivity contribution < 1.29 is 14.7 Å². The van der Waals surface area contributed by atoms with Crippen LogP contribution in [0.3, 0.4) is 0 Å². The second kappa shape index (κ2) is 7.09. The van der Waals surface area contributed by atoms with Crippen LogP contribution in [0.2, 0.25) is 0 Å². The van der Waals surface area contributed by atoms with Gasteiger partial charge in [-0.15, -0.1) is 0 Å². The first-order valence-corrected chi connectivity index (χ1v) is 5.60. The molecule has 0 unspecified atom stereocenters. The predicted octanol–water partition coefficient (Wildman–Crippen LogP) is 1.54. The third-order valence-corrected chi connectivity index (χ3v) is 2.11. The molecule has 94 valence electrons. The van der Waals surface area contributed by atoms with Crippen LogP contribution in [0.5, 0.6) is 0 Å². The smallest absolute Gasteiger partial charge is 0.317 e. The number of amides is 2. The fourth-order valence-electron chi connectivity index (χ4n) is 1.20. The Morgan fingerprint density at radius 2 is 1.81 bits per heavy atom. The highest BCUT2D eigenvalue weighted by atomic mass is 16.4. The zero-order valence-corrected chi connectivity index (χ0v) is 10.5. The van der Waals surface area contributed by atoms with E-state index in [1.807, 2.05) is 27.7 Å². The minimum atomic E-state index is -0.887. The molecule has 0 spiro atoms. The molecular weight excluding hydrogens is 208 g/mol. The third kappa shape index (κ3) is 6.27. The van der Waals surface area contributed by atoms with Gasteiger partial charge in [0.2, 0.25) is 0 Å². The second-order valence-corrected chi connectivity index (χ2v) is 4.51. The second-order valence-electron chi connectivity index (χ2n) is 4.51. The summed E-state index contributed by atoms with van der Waals surface area (Å²) in [5.74, 6) is -0.500. The van der Waals surface area contributed by atoms with Crippen LogP contribution >= 0.6 is 0 Å². The highest BCUT2D eigenvalue weighted by Crippen LogP contribution is 2.01. The van der Waals surface area contributed by atoms with Gasteiger partial charge in [-0.25, -0.2) is 4.79 Å². The van der Waals surface area contributed by atoms with Gasteiger partial charge in [-0.05, 0) is 19.8 Å². The number of urea groups is 1. The topological polar surface area (TPSA) is 69.6 Å². The van der Waals surface area contributed by atoms with E-state index in [9.17, 15) is 9.59 Å². The van der Waals surface area contributed by atoms with Gasteiger partial charge in [0.25, 0.3) is 0 Å². The van der Waals surface area contributed by atoms with Crippen molar-refractivity contribution in [1.82, 2.24) is 10.2 Å². The zero-order valence-electron chi connectivity index (χ0n) is 10.5. The minimum absolute atomic E-state index is 0.00603. The number of carboxylic acid groups (broad SMARTS) is 1. The normalized spacial score (nSPS) is 10.6. The molecule has 5 heteroatoms. The molecule has 2 amide bonds. The van der Waals surface area contributed by atoms with E-state index in [1.54, 1.807) is 0 Å². The molecule has 5 nitrogen and oxygen atoms in total. The van der Waals surface area contributed by atoms with E-state index in [-0.39, 0.29) is 25.0 Å². The summed E-state index contributed by atoms with van der Waals surface area (Å²) in [6.45, 7) is 8.62. The molecule has 0 aromatic heterocycles. The highest BCUT2D eigenvalue weighted by molar-refractivity contribution is 5.75. The molecule has 0 radical (unpaired) electrons. The van der Waals surface area contributed by atoms with Gasteiger partial charge in [0.1, 0.15) is 0 Å². The van der Waals surface area contributed by atoms with Gasteiger partial charge in [-0.1, -0.05) is 13.8 Å². The lowest BCUT2D eigenvalue weighted by Gasteiger charge is -2.26. The maximum Gasteiger partial charge on any atom is 0.317 e. The van der Waals surface area contributed by atoms with Gasteiger partial charge < -0.3 is 15.3 Å². The van der Waals surface area contributed by atoms with E-state index in [0.29, 0.717) is 12.5 Å². The van der Waals surface area contributed by atoms with Gasteiger partial charge in [0.05, 0.1) is 6.42 Å². The molecule has 0 aromatic rings. The first-order chi connectivity index (χ1) is 7.34. The van der Waals surface area contributed by atoms with E-state index in [2.05, 4.69) is 5.32 Å². The lowest BCUT2D eigenvalue weighted by molar-refractivity contribution is -0.137. The molecule has 0 saturated heterocycles. The van der Waals surface area contributed by atoms with Crippen molar-refractivity contribution in [3.8, 4) is 0 Å². The summed E-state index contributed by atoms with van der Waals surface area (Å²) in [6.07, 6.45) is -0.0206. The SMILES string of the molecule is CC(C)CNC(=O)N(CCC(=O)O)C(C)C. The van der Waals surface area contributed by atoms with Crippen molar-refractivity contribution in [2.75, 3.05) is 13.1 Å². The molecule has 0 aliphatic rings. The van der Waals surface area contributed by atoms with Crippen LogP contribution in [0, 0.1) is 5.92 Å². The lowest BCUT2D eigenvalue weighted by atomic mass is 10.2. The molecule has 0 fully saturated rings. The Kier molecular flexibility index (Phi) is 6.53. The first kappa shape index (κ1) is 14.7. The maximum absolute atomic E-state index is 11.7. The number of carboxylic acids is 1. The van der Waals surface area contributed by atoms with Gasteiger partial charge in [-0.3, -0.25) is 4.79 Å². The van der Waals surface area contributed by atoms with E-state index < -0.39 is 5.97 Å². The molecule has 16 heavy (non-hydrogen) atoms. The Balaban J connectivity index is 4.19. The summed E-state index contributed by atoms with van der Waals surface area (Å²) >= 11 is 0. The van der Waals surface area contributed by atoms with Crippen molar-refractivity contribution in [3.63, 3.8) is 0 Å². The molecule has 0 saturated carbocycles. The van der Waals surface area contributed by atoms with Crippen LogP contribution in [0.15, 0.2) is 0 Å². The monoisotopic (exact) mass is 230 g/mol. The average Bonchev–Trinajstić information content (AvgIpc) is 2.13. The predicted molar refractivity (Wildman–Crippen MR) is 62.3 cm³/mol. The van der Waals surface area contributed by atoms with Crippen LogP contribution in [0.4, 0.5) is 4.79 Å². The largest absolute Gasteiger partial charge is 0.481 e. The Morgan fingerprint density at radius 1 is 1.25 bits per heavy atom.